The summed E-state index contributed by atoms with van der Waals surface area (Å²) in [4.78, 5) is 25.1. The minimum atomic E-state index is -3.86. The van der Waals surface area contributed by atoms with E-state index < -0.39 is 15.9 Å². The second-order valence-corrected chi connectivity index (χ2v) is 7.23. The Morgan fingerprint density at radius 3 is 2.15 bits per heavy atom. The molecule has 2 aromatic rings. The summed E-state index contributed by atoms with van der Waals surface area (Å²) in [7, 11) is -3.86. The highest BCUT2D eigenvalue weighted by atomic mass is 32.2. The van der Waals surface area contributed by atoms with Crippen molar-refractivity contribution in [2.24, 2.45) is 5.73 Å². The molecule has 0 aromatic heterocycles. The molecule has 0 aliphatic rings. The summed E-state index contributed by atoms with van der Waals surface area (Å²) in [5.41, 5.74) is 6.05. The number of hydrogen-bond donors (Lipinski definition) is 2. The molecule has 2 amide bonds. The Morgan fingerprint density at radius 2 is 1.62 bits per heavy atom. The molecule has 0 atom stereocenters. The quantitative estimate of drug-likeness (QED) is 0.772. The van der Waals surface area contributed by atoms with Crippen molar-refractivity contribution in [3.63, 3.8) is 0 Å². The predicted octanol–water partition coefficient (Wildman–Crippen LogP) is 2.07. The van der Waals surface area contributed by atoms with Gasteiger partial charge in [-0.15, -0.1) is 0 Å². The number of nitrogens with two attached hydrogens (primary N) is 1. The number of anilines is 1. The second kappa shape index (κ2) is 8.01. The molecule has 0 aliphatic heterocycles. The first kappa shape index (κ1) is 19.5. The number of carbonyl (C=O) groups is 2. The van der Waals surface area contributed by atoms with E-state index in [0.717, 1.165) is 0 Å². The maximum Gasteiger partial charge on any atom is 0.261 e. The Kier molecular flexibility index (Phi) is 5.99. The molecule has 8 heteroatoms. The van der Waals surface area contributed by atoms with Crippen LogP contribution in [0.4, 0.5) is 5.69 Å². The molecule has 0 aliphatic carbocycles. The van der Waals surface area contributed by atoms with Gasteiger partial charge in [-0.25, -0.2) is 8.42 Å². The summed E-state index contributed by atoms with van der Waals surface area (Å²) in [5.74, 6) is -0.800. The lowest BCUT2D eigenvalue weighted by atomic mass is 10.2. The zero-order valence-electron chi connectivity index (χ0n) is 14.6. The van der Waals surface area contributed by atoms with Crippen molar-refractivity contribution in [1.29, 1.82) is 0 Å². The van der Waals surface area contributed by atoms with Crippen molar-refractivity contribution >= 4 is 27.5 Å². The first-order valence-electron chi connectivity index (χ1n) is 8.10. The number of sulfonamides is 1. The Labute approximate surface area is 152 Å². The zero-order chi connectivity index (χ0) is 19.3. The zero-order valence-corrected chi connectivity index (χ0v) is 15.4. The van der Waals surface area contributed by atoms with Gasteiger partial charge >= 0.3 is 0 Å². The van der Waals surface area contributed by atoms with E-state index in [9.17, 15) is 18.0 Å². The molecular formula is C18H21N3O4S. The van der Waals surface area contributed by atoms with Crippen molar-refractivity contribution < 1.29 is 18.0 Å². The van der Waals surface area contributed by atoms with Gasteiger partial charge in [0, 0.05) is 29.9 Å². The van der Waals surface area contributed by atoms with E-state index in [2.05, 4.69) is 4.72 Å². The van der Waals surface area contributed by atoms with Gasteiger partial charge in [-0.2, -0.15) is 0 Å². The van der Waals surface area contributed by atoms with Crippen LogP contribution >= 0.6 is 0 Å². The minimum absolute atomic E-state index is 0.0111. The van der Waals surface area contributed by atoms with Crippen LogP contribution in [0.1, 0.15) is 34.6 Å². The Bertz CT molecular complexity index is 904. The summed E-state index contributed by atoms with van der Waals surface area (Å²) in [6, 6.07) is 11.6. The van der Waals surface area contributed by atoms with Crippen LogP contribution in [0.5, 0.6) is 0 Å². The molecule has 0 fully saturated rings. The first-order valence-corrected chi connectivity index (χ1v) is 9.58. The lowest BCUT2D eigenvalue weighted by Gasteiger charge is -2.19. The van der Waals surface area contributed by atoms with Crippen LogP contribution in [-0.2, 0) is 10.0 Å². The van der Waals surface area contributed by atoms with Gasteiger partial charge in [-0.3, -0.25) is 14.3 Å². The number of primary amides is 1. The molecule has 138 valence electrons. The van der Waals surface area contributed by atoms with Crippen molar-refractivity contribution in [2.45, 2.75) is 18.7 Å². The fourth-order valence-corrected chi connectivity index (χ4v) is 3.47. The molecule has 26 heavy (non-hydrogen) atoms. The van der Waals surface area contributed by atoms with Gasteiger partial charge in [0.15, 0.2) is 0 Å². The third kappa shape index (κ3) is 4.40. The third-order valence-corrected chi connectivity index (χ3v) is 5.26. The van der Waals surface area contributed by atoms with Crippen molar-refractivity contribution in [3.8, 4) is 0 Å². The molecule has 0 bridgehead atoms. The van der Waals surface area contributed by atoms with E-state index >= 15 is 0 Å². The smallest absolute Gasteiger partial charge is 0.261 e. The largest absolute Gasteiger partial charge is 0.366 e. The highest BCUT2D eigenvalue weighted by Crippen LogP contribution is 2.18. The normalized spacial score (nSPS) is 11.0. The lowest BCUT2D eigenvalue weighted by molar-refractivity contribution is 0.0772. The van der Waals surface area contributed by atoms with Gasteiger partial charge < -0.3 is 10.6 Å². The Hall–Kier alpha value is -2.87. The third-order valence-electron chi connectivity index (χ3n) is 3.86. The molecule has 0 heterocycles. The second-order valence-electron chi connectivity index (χ2n) is 5.55. The van der Waals surface area contributed by atoms with Crippen molar-refractivity contribution in [3.05, 3.63) is 59.7 Å². The van der Waals surface area contributed by atoms with Crippen LogP contribution in [-0.4, -0.2) is 38.2 Å². The topological polar surface area (TPSA) is 110 Å². The van der Waals surface area contributed by atoms with Crippen LogP contribution in [0.2, 0.25) is 0 Å². The van der Waals surface area contributed by atoms with E-state index in [4.69, 9.17) is 5.73 Å². The van der Waals surface area contributed by atoms with E-state index in [1.807, 2.05) is 13.8 Å². The van der Waals surface area contributed by atoms with Crippen LogP contribution in [0, 0.1) is 0 Å². The molecule has 3 N–H and O–H groups in total. The van der Waals surface area contributed by atoms with Crippen LogP contribution in [0.3, 0.4) is 0 Å². The molecule has 2 aromatic carbocycles. The molecule has 2 rings (SSSR count). The summed E-state index contributed by atoms with van der Waals surface area (Å²) in [6.45, 7) is 4.89. The van der Waals surface area contributed by atoms with Gasteiger partial charge in [-0.1, -0.05) is 6.07 Å². The number of nitrogens with zero attached hydrogens (tertiary/aromatic N) is 1. The average molecular weight is 375 g/mol. The summed E-state index contributed by atoms with van der Waals surface area (Å²) in [5, 5.41) is 0. The number of benzene rings is 2. The monoisotopic (exact) mass is 375 g/mol. The molecule has 0 saturated heterocycles. The van der Waals surface area contributed by atoms with Gasteiger partial charge in [0.2, 0.25) is 5.91 Å². The standard InChI is InChI=1S/C18H21N3O4S/c1-3-21(4-2)18(23)14-6-5-7-15(12-14)20-26(24,25)16-10-8-13(9-11-16)17(19)22/h5-12,20H,3-4H2,1-2H3,(H2,19,22). The van der Waals surface area contributed by atoms with Crippen molar-refractivity contribution in [2.75, 3.05) is 17.8 Å². The number of rotatable bonds is 7. The van der Waals surface area contributed by atoms with E-state index in [1.54, 1.807) is 23.1 Å². The van der Waals surface area contributed by atoms with Crippen LogP contribution in [0.25, 0.3) is 0 Å². The Balaban J connectivity index is 2.25. The summed E-state index contributed by atoms with van der Waals surface area (Å²) < 4.78 is 27.4. The van der Waals surface area contributed by atoms with E-state index in [0.29, 0.717) is 18.7 Å². The molecule has 7 nitrogen and oxygen atoms in total. The molecule has 0 radical (unpaired) electrons. The highest BCUT2D eigenvalue weighted by molar-refractivity contribution is 7.92. The first-order chi connectivity index (χ1) is 12.3. The maximum atomic E-state index is 12.5. The predicted molar refractivity (Wildman–Crippen MR) is 99.5 cm³/mol. The van der Waals surface area contributed by atoms with E-state index in [1.165, 1.54) is 30.3 Å². The van der Waals surface area contributed by atoms with Gasteiger partial charge in [0.25, 0.3) is 15.9 Å². The molecule has 0 unspecified atom stereocenters. The maximum absolute atomic E-state index is 12.5. The van der Waals surface area contributed by atoms with Crippen LogP contribution in [0.15, 0.2) is 53.4 Å². The Morgan fingerprint density at radius 1 is 1.00 bits per heavy atom. The van der Waals surface area contributed by atoms with Crippen LogP contribution < -0.4 is 10.5 Å². The fraction of sp³-hybridized carbons (Fsp3) is 0.222. The molecular weight excluding hydrogens is 354 g/mol. The number of carbonyl (C=O) groups excluding carboxylic acids is 2. The van der Waals surface area contributed by atoms with Gasteiger partial charge in [-0.05, 0) is 56.3 Å². The minimum Gasteiger partial charge on any atom is -0.366 e. The number of nitrogens with one attached hydrogen (secondary N) is 1. The molecule has 0 spiro atoms. The number of hydrogen-bond acceptors (Lipinski definition) is 4. The van der Waals surface area contributed by atoms with Gasteiger partial charge in [0.1, 0.15) is 0 Å². The fourth-order valence-electron chi connectivity index (χ4n) is 2.42. The number of amides is 2. The SMILES string of the molecule is CCN(CC)C(=O)c1cccc(NS(=O)(=O)c2ccc(C(N)=O)cc2)c1. The lowest BCUT2D eigenvalue weighted by Crippen LogP contribution is -2.30. The summed E-state index contributed by atoms with van der Waals surface area (Å²) in [6.07, 6.45) is 0. The summed E-state index contributed by atoms with van der Waals surface area (Å²) >= 11 is 0. The highest BCUT2D eigenvalue weighted by Gasteiger charge is 2.17. The van der Waals surface area contributed by atoms with E-state index in [-0.39, 0.29) is 22.1 Å². The van der Waals surface area contributed by atoms with Crippen molar-refractivity contribution in [1.82, 2.24) is 4.90 Å². The average Bonchev–Trinajstić information content (AvgIpc) is 2.62. The van der Waals surface area contributed by atoms with Gasteiger partial charge in [0.05, 0.1) is 4.90 Å². The molecule has 0 saturated carbocycles.